The molecule has 2 heterocycles. The van der Waals surface area contributed by atoms with Crippen molar-refractivity contribution < 1.29 is 57.1 Å². The van der Waals surface area contributed by atoms with Gasteiger partial charge in [-0.25, -0.2) is 9.59 Å². The van der Waals surface area contributed by atoms with Crippen molar-refractivity contribution in [3.63, 3.8) is 0 Å². The highest BCUT2D eigenvalue weighted by Gasteiger charge is 2.61. The molecule has 2 aliphatic rings. The highest BCUT2D eigenvalue weighted by Crippen LogP contribution is 2.39. The lowest BCUT2D eigenvalue weighted by molar-refractivity contribution is -0.307. The third-order valence-electron chi connectivity index (χ3n) is 5.54. The van der Waals surface area contributed by atoms with Gasteiger partial charge in [0.05, 0.1) is 19.6 Å². The normalized spacial score (nSPS) is 27.0. The van der Waals surface area contributed by atoms with Crippen molar-refractivity contribution in [2.45, 2.75) is 89.1 Å². The molecule has 6 atom stereocenters. The Morgan fingerprint density at radius 1 is 1.08 bits per heavy atom. The van der Waals surface area contributed by atoms with Crippen LogP contribution < -0.4 is 5.32 Å². The van der Waals surface area contributed by atoms with Gasteiger partial charge in [0.25, 0.3) is 5.79 Å². The molecular weight excluding hydrogens is 498 g/mol. The molecule has 0 aromatic rings. The average Bonchev–Trinajstić information content (AvgIpc) is 3.12. The summed E-state index contributed by atoms with van der Waals surface area (Å²) in [4.78, 5) is 60.5. The minimum atomic E-state index is -2.01. The molecule has 36 heavy (non-hydrogen) atoms. The zero-order valence-electron chi connectivity index (χ0n) is 21.6. The van der Waals surface area contributed by atoms with Gasteiger partial charge in [0.15, 0.2) is 12.2 Å². The van der Waals surface area contributed by atoms with Gasteiger partial charge in [0.2, 0.25) is 0 Å². The quantitative estimate of drug-likeness (QED) is 0.227. The monoisotopic (exact) mass is 533 g/mol. The topological polar surface area (TPSA) is 162 Å². The Balaban J connectivity index is 2.51. The molecule has 0 aliphatic carbocycles. The molecule has 2 aliphatic heterocycles. The number of fused-ring (bicyclic) bond motifs is 1. The summed E-state index contributed by atoms with van der Waals surface area (Å²) in [5.41, 5.74) is 0. The van der Waals surface area contributed by atoms with Crippen molar-refractivity contribution in [1.29, 1.82) is 0 Å². The van der Waals surface area contributed by atoms with E-state index >= 15 is 0 Å². The van der Waals surface area contributed by atoms with Crippen LogP contribution in [0.1, 0.15) is 27.2 Å². The molecule has 2 rings (SSSR count). The molecule has 0 aromatic heterocycles. The molecule has 0 unspecified atom stereocenters. The lowest BCUT2D eigenvalue weighted by Gasteiger charge is -2.45. The number of carbonyl (C=O) groups excluding carboxylic acids is 5. The maximum Gasteiger partial charge on any atom is 0.407 e. The predicted molar refractivity (Wildman–Crippen MR) is 123 cm³/mol. The van der Waals surface area contributed by atoms with Gasteiger partial charge < -0.3 is 38.5 Å². The smallest absolute Gasteiger partial charge is 0.407 e. The number of amides is 1. The molecular formula is C22H35NO12Si. The molecule has 0 aromatic carbocycles. The van der Waals surface area contributed by atoms with E-state index < -0.39 is 80.9 Å². The number of nitrogens with one attached hydrogen (secondary N) is 1. The molecule has 0 bridgehead atoms. The summed E-state index contributed by atoms with van der Waals surface area (Å²) in [6.45, 7) is 9.43. The minimum absolute atomic E-state index is 0.148. The van der Waals surface area contributed by atoms with Gasteiger partial charge >= 0.3 is 30.0 Å². The van der Waals surface area contributed by atoms with Crippen LogP contribution in [0.2, 0.25) is 25.7 Å². The fourth-order valence-electron chi connectivity index (χ4n) is 3.93. The Morgan fingerprint density at radius 2 is 1.72 bits per heavy atom. The summed E-state index contributed by atoms with van der Waals surface area (Å²) < 4.78 is 38.2. The summed E-state index contributed by atoms with van der Waals surface area (Å²) in [6.07, 6.45) is -6.00. The lowest BCUT2D eigenvalue weighted by Crippen LogP contribution is -2.66. The number of hydrogen-bond donors (Lipinski definition) is 1. The van der Waals surface area contributed by atoms with Crippen LogP contribution in [0.4, 0.5) is 4.79 Å². The van der Waals surface area contributed by atoms with E-state index in [0.717, 1.165) is 27.9 Å². The third-order valence-corrected chi connectivity index (χ3v) is 7.24. The second kappa shape index (κ2) is 12.0. The summed E-state index contributed by atoms with van der Waals surface area (Å²) in [5.74, 6) is -5.09. The summed E-state index contributed by atoms with van der Waals surface area (Å²) in [7, 11) is -0.427. The summed E-state index contributed by atoms with van der Waals surface area (Å²) >= 11 is 0. The fourth-order valence-corrected chi connectivity index (χ4v) is 4.64. The molecule has 0 spiro atoms. The van der Waals surface area contributed by atoms with Gasteiger partial charge in [-0.05, 0) is 6.04 Å². The van der Waals surface area contributed by atoms with E-state index in [1.54, 1.807) is 0 Å². The molecule has 14 heteroatoms. The zero-order valence-corrected chi connectivity index (χ0v) is 22.6. The van der Waals surface area contributed by atoms with Crippen molar-refractivity contribution in [2.75, 3.05) is 20.3 Å². The highest BCUT2D eigenvalue weighted by atomic mass is 28.3. The van der Waals surface area contributed by atoms with Crippen LogP contribution in [0.25, 0.3) is 0 Å². The second-order valence-corrected chi connectivity index (χ2v) is 15.4. The first-order valence-electron chi connectivity index (χ1n) is 11.5. The van der Waals surface area contributed by atoms with Crippen molar-refractivity contribution in [1.82, 2.24) is 5.32 Å². The van der Waals surface area contributed by atoms with Gasteiger partial charge in [-0.2, -0.15) is 0 Å². The molecule has 0 radical (unpaired) electrons. The maximum atomic E-state index is 13.0. The standard InChI is InChI=1S/C22H35NO12Si/c1-12(24)30-11-16(32-13(2)25)18(33-14(3)26)19-17-15(34-21(28)23-17)10-22(35-19,20(27)29-4)31-8-9-36(5,6)7/h15-19H,8-11H2,1-7H3,(H,23,28)/t15-,16+,17+,18+,19+,22+/m0/s1. The van der Waals surface area contributed by atoms with Crippen LogP contribution in [0, 0.1) is 0 Å². The van der Waals surface area contributed by atoms with Crippen molar-refractivity contribution in [3.05, 3.63) is 0 Å². The highest BCUT2D eigenvalue weighted by molar-refractivity contribution is 6.76. The number of methoxy groups -OCH3 is 1. The van der Waals surface area contributed by atoms with Crippen LogP contribution in [0.15, 0.2) is 0 Å². The SMILES string of the molecule is COC(=O)[C@@]1(OCC[Si](C)(C)C)C[C@@H]2OC(=O)N[C@H]2[C@H]([C@H](OC(C)=O)[C@@H](COC(C)=O)OC(C)=O)O1. The molecule has 2 saturated heterocycles. The van der Waals surface area contributed by atoms with E-state index in [-0.39, 0.29) is 13.0 Å². The Labute approximate surface area is 210 Å². The van der Waals surface area contributed by atoms with Crippen LogP contribution in [-0.4, -0.2) is 94.6 Å². The number of hydrogen-bond acceptors (Lipinski definition) is 12. The van der Waals surface area contributed by atoms with Gasteiger partial charge in [0, 0.05) is 35.5 Å². The van der Waals surface area contributed by atoms with Crippen molar-refractivity contribution >= 4 is 38.0 Å². The molecule has 204 valence electrons. The van der Waals surface area contributed by atoms with Crippen LogP contribution in [0.3, 0.4) is 0 Å². The van der Waals surface area contributed by atoms with E-state index in [1.165, 1.54) is 0 Å². The fraction of sp³-hybridized carbons (Fsp3) is 0.773. The van der Waals surface area contributed by atoms with E-state index in [2.05, 4.69) is 25.0 Å². The molecule has 1 amide bonds. The van der Waals surface area contributed by atoms with E-state index in [1.807, 2.05) is 0 Å². The first-order chi connectivity index (χ1) is 16.7. The zero-order chi connectivity index (χ0) is 27.3. The summed E-state index contributed by atoms with van der Waals surface area (Å²) in [5, 5.41) is 2.58. The molecule has 1 N–H and O–H groups in total. The first kappa shape index (κ1) is 29.5. The molecule has 2 fully saturated rings. The van der Waals surface area contributed by atoms with Gasteiger partial charge in [-0.1, -0.05) is 19.6 Å². The number of esters is 4. The van der Waals surface area contributed by atoms with Gasteiger partial charge in [0.1, 0.15) is 18.8 Å². The van der Waals surface area contributed by atoms with E-state index in [9.17, 15) is 24.0 Å². The summed E-state index contributed by atoms with van der Waals surface area (Å²) in [6, 6.07) is -0.238. The predicted octanol–water partition coefficient (Wildman–Crippen LogP) is 0.903. The minimum Gasteiger partial charge on any atom is -0.465 e. The Morgan fingerprint density at radius 3 is 2.25 bits per heavy atom. The number of ether oxygens (including phenoxy) is 7. The second-order valence-electron chi connectivity index (χ2n) is 9.83. The van der Waals surface area contributed by atoms with Crippen molar-refractivity contribution in [3.8, 4) is 0 Å². The van der Waals surface area contributed by atoms with Crippen LogP contribution >= 0.6 is 0 Å². The lowest BCUT2D eigenvalue weighted by atomic mass is 9.89. The van der Waals surface area contributed by atoms with Crippen LogP contribution in [0.5, 0.6) is 0 Å². The van der Waals surface area contributed by atoms with Gasteiger partial charge in [-0.3, -0.25) is 14.4 Å². The van der Waals surface area contributed by atoms with Crippen LogP contribution in [-0.2, 0) is 52.3 Å². The van der Waals surface area contributed by atoms with E-state index in [4.69, 9.17) is 33.2 Å². The van der Waals surface area contributed by atoms with Gasteiger partial charge in [-0.15, -0.1) is 0 Å². The van der Waals surface area contributed by atoms with Crippen molar-refractivity contribution in [2.24, 2.45) is 0 Å². The van der Waals surface area contributed by atoms with E-state index in [0.29, 0.717) is 6.04 Å². The number of carbonyl (C=O) groups is 5. The Kier molecular flexibility index (Phi) is 9.85. The average molecular weight is 534 g/mol. The third kappa shape index (κ3) is 7.90. The maximum absolute atomic E-state index is 13.0. The Bertz CT molecular complexity index is 858. The Hall–Kier alpha value is -2.71. The number of rotatable bonds is 11. The molecule has 13 nitrogen and oxygen atoms in total. The molecule has 0 saturated carbocycles. The largest absolute Gasteiger partial charge is 0.465 e. The number of alkyl carbamates (subject to hydrolysis) is 1. The first-order valence-corrected chi connectivity index (χ1v) is 15.2.